The number of hydrogen-bond acceptors (Lipinski definition) is 4. The van der Waals surface area contributed by atoms with Gasteiger partial charge in [0.25, 0.3) is 0 Å². The molecule has 1 saturated heterocycles. The number of nitrogens with one attached hydrogen (secondary N) is 1. The lowest BCUT2D eigenvalue weighted by atomic mass is 9.88. The van der Waals surface area contributed by atoms with E-state index in [0.717, 1.165) is 38.2 Å². The third-order valence-electron chi connectivity index (χ3n) is 5.56. The molecule has 0 radical (unpaired) electrons. The van der Waals surface area contributed by atoms with Crippen LogP contribution in [0.25, 0.3) is 0 Å². The highest BCUT2D eigenvalue weighted by Crippen LogP contribution is 2.36. The Balaban J connectivity index is 0.00000261. The van der Waals surface area contributed by atoms with Crippen molar-refractivity contribution in [3.05, 3.63) is 22.4 Å². The Labute approximate surface area is 185 Å². The monoisotopic (exact) mass is 506 g/mol. The molecule has 3 rings (SSSR count). The highest BCUT2D eigenvalue weighted by molar-refractivity contribution is 14.0. The molecule has 7 heteroatoms. The summed E-state index contributed by atoms with van der Waals surface area (Å²) >= 11 is 1.88. The molecule has 1 aliphatic heterocycles. The molecule has 5 nitrogen and oxygen atoms in total. The van der Waals surface area contributed by atoms with Gasteiger partial charge in [0.2, 0.25) is 0 Å². The number of aliphatic imine (C=N–C) groups is 1. The molecule has 2 fully saturated rings. The summed E-state index contributed by atoms with van der Waals surface area (Å²) in [6.07, 6.45) is 5.24. The van der Waals surface area contributed by atoms with Gasteiger partial charge in [-0.15, -0.1) is 35.3 Å². The second-order valence-electron chi connectivity index (χ2n) is 7.71. The van der Waals surface area contributed by atoms with E-state index in [1.807, 2.05) is 18.4 Å². The van der Waals surface area contributed by atoms with Gasteiger partial charge in [0.05, 0.1) is 6.61 Å². The van der Waals surface area contributed by atoms with Crippen LogP contribution in [0.4, 0.5) is 0 Å². The smallest absolute Gasteiger partial charge is 0.193 e. The number of rotatable bonds is 8. The molecule has 2 atom stereocenters. The third-order valence-corrected chi connectivity index (χ3v) is 6.50. The van der Waals surface area contributed by atoms with Crippen molar-refractivity contribution in [2.75, 3.05) is 54.0 Å². The van der Waals surface area contributed by atoms with Crippen LogP contribution in [-0.2, 0) is 4.74 Å². The maximum absolute atomic E-state index is 5.77. The van der Waals surface area contributed by atoms with Gasteiger partial charge in [-0.2, -0.15) is 0 Å². The van der Waals surface area contributed by atoms with E-state index in [2.05, 4.69) is 51.7 Å². The largest absolute Gasteiger partial charge is 0.379 e. The summed E-state index contributed by atoms with van der Waals surface area (Å²) in [5.74, 6) is 2.41. The van der Waals surface area contributed by atoms with E-state index in [0.29, 0.717) is 12.0 Å². The molecule has 0 bridgehead atoms. The van der Waals surface area contributed by atoms with E-state index in [4.69, 9.17) is 4.74 Å². The second kappa shape index (κ2) is 11.6. The van der Waals surface area contributed by atoms with Crippen LogP contribution in [0.3, 0.4) is 0 Å². The Kier molecular flexibility index (Phi) is 9.82. The quantitative estimate of drug-likeness (QED) is 0.253. The first-order valence-electron chi connectivity index (χ1n) is 9.92. The number of likely N-dealkylation sites (tertiary alicyclic amines) is 1. The topological polar surface area (TPSA) is 40.1 Å². The van der Waals surface area contributed by atoms with Gasteiger partial charge in [0, 0.05) is 44.7 Å². The number of piperidine rings is 1. The fourth-order valence-electron chi connectivity index (χ4n) is 3.83. The fourth-order valence-corrected chi connectivity index (χ4v) is 4.81. The molecule has 27 heavy (non-hydrogen) atoms. The molecule has 0 aromatic carbocycles. The van der Waals surface area contributed by atoms with Gasteiger partial charge in [0.1, 0.15) is 0 Å². The average Bonchev–Trinajstić information content (AvgIpc) is 3.31. The predicted octanol–water partition coefficient (Wildman–Crippen LogP) is 3.68. The van der Waals surface area contributed by atoms with E-state index in [-0.39, 0.29) is 24.0 Å². The molecular weight excluding hydrogens is 471 g/mol. The number of likely N-dealkylation sites (N-methyl/N-ethyl adjacent to an activating group) is 1. The lowest BCUT2D eigenvalue weighted by Gasteiger charge is -2.39. The number of ether oxygens (including phenoxy) is 1. The molecule has 1 aromatic rings. The highest BCUT2D eigenvalue weighted by atomic mass is 127. The van der Waals surface area contributed by atoms with Crippen LogP contribution in [0.2, 0.25) is 0 Å². The van der Waals surface area contributed by atoms with Gasteiger partial charge in [0.15, 0.2) is 5.96 Å². The summed E-state index contributed by atoms with van der Waals surface area (Å²) in [5.41, 5.74) is 0. The lowest BCUT2D eigenvalue weighted by Crippen LogP contribution is -2.46. The summed E-state index contributed by atoms with van der Waals surface area (Å²) in [5, 5.41) is 5.80. The second-order valence-corrected chi connectivity index (χ2v) is 8.69. The first-order valence-corrected chi connectivity index (χ1v) is 10.8. The highest BCUT2D eigenvalue weighted by Gasteiger charge is 2.31. The zero-order chi connectivity index (χ0) is 18.4. The number of thiophene rings is 1. The minimum Gasteiger partial charge on any atom is -0.379 e. The van der Waals surface area contributed by atoms with Crippen molar-refractivity contribution in [2.24, 2.45) is 16.8 Å². The summed E-state index contributed by atoms with van der Waals surface area (Å²) < 4.78 is 5.77. The summed E-state index contributed by atoms with van der Waals surface area (Å²) in [7, 11) is 6.22. The Bertz CT molecular complexity index is 564. The molecule has 1 saturated carbocycles. The SMILES string of the molecule is CN=C(NCC1CCCN(C)C1c1cccs1)N(C)CCOCC1CC1.I. The Hall–Kier alpha value is -0.380. The summed E-state index contributed by atoms with van der Waals surface area (Å²) in [4.78, 5) is 10.6. The normalized spacial score (nSPS) is 23.7. The van der Waals surface area contributed by atoms with Gasteiger partial charge >= 0.3 is 0 Å². The number of nitrogens with zero attached hydrogens (tertiary/aromatic N) is 3. The van der Waals surface area contributed by atoms with Crippen LogP contribution in [-0.4, -0.2) is 69.8 Å². The van der Waals surface area contributed by atoms with E-state index in [9.17, 15) is 0 Å². The lowest BCUT2D eigenvalue weighted by molar-refractivity contribution is 0.113. The van der Waals surface area contributed by atoms with Crippen LogP contribution in [0.15, 0.2) is 22.5 Å². The van der Waals surface area contributed by atoms with Gasteiger partial charge in [-0.05, 0) is 62.6 Å². The van der Waals surface area contributed by atoms with Crippen LogP contribution in [0.1, 0.15) is 36.6 Å². The van der Waals surface area contributed by atoms with E-state index < -0.39 is 0 Å². The van der Waals surface area contributed by atoms with Crippen molar-refractivity contribution >= 4 is 41.3 Å². The predicted molar refractivity (Wildman–Crippen MR) is 125 cm³/mol. The van der Waals surface area contributed by atoms with Crippen molar-refractivity contribution in [1.82, 2.24) is 15.1 Å². The zero-order valence-corrected chi connectivity index (χ0v) is 20.0. The van der Waals surface area contributed by atoms with Gasteiger partial charge in [-0.1, -0.05) is 6.07 Å². The molecule has 1 N–H and O–H groups in total. The molecule has 0 amide bonds. The minimum atomic E-state index is 0. The van der Waals surface area contributed by atoms with Crippen LogP contribution >= 0.6 is 35.3 Å². The van der Waals surface area contributed by atoms with Gasteiger partial charge in [-0.25, -0.2) is 0 Å². The Morgan fingerprint density at radius 1 is 1.41 bits per heavy atom. The van der Waals surface area contributed by atoms with Crippen molar-refractivity contribution in [2.45, 2.75) is 31.7 Å². The summed E-state index contributed by atoms with van der Waals surface area (Å²) in [6.45, 7) is 4.73. The molecular formula is C20H35IN4OS. The maximum Gasteiger partial charge on any atom is 0.193 e. The first-order chi connectivity index (χ1) is 12.7. The first kappa shape index (κ1) is 22.9. The van der Waals surface area contributed by atoms with Crippen molar-refractivity contribution in [1.29, 1.82) is 0 Å². The van der Waals surface area contributed by atoms with E-state index >= 15 is 0 Å². The maximum atomic E-state index is 5.77. The van der Waals surface area contributed by atoms with Crippen molar-refractivity contribution < 1.29 is 4.74 Å². The van der Waals surface area contributed by atoms with Crippen LogP contribution < -0.4 is 5.32 Å². The van der Waals surface area contributed by atoms with E-state index in [1.165, 1.54) is 37.1 Å². The number of hydrogen-bond donors (Lipinski definition) is 1. The average molecular weight is 506 g/mol. The minimum absolute atomic E-state index is 0. The third kappa shape index (κ3) is 6.87. The molecule has 2 unspecified atom stereocenters. The Morgan fingerprint density at radius 2 is 2.22 bits per heavy atom. The molecule has 154 valence electrons. The fraction of sp³-hybridized carbons (Fsp3) is 0.750. The number of guanidine groups is 1. The molecule has 2 aliphatic rings. The molecule has 2 heterocycles. The van der Waals surface area contributed by atoms with Crippen LogP contribution in [0.5, 0.6) is 0 Å². The van der Waals surface area contributed by atoms with Gasteiger partial charge in [-0.3, -0.25) is 9.89 Å². The number of halogens is 1. The molecule has 1 aliphatic carbocycles. The van der Waals surface area contributed by atoms with E-state index in [1.54, 1.807) is 0 Å². The van der Waals surface area contributed by atoms with Crippen molar-refractivity contribution in [3.8, 4) is 0 Å². The Morgan fingerprint density at radius 3 is 2.89 bits per heavy atom. The van der Waals surface area contributed by atoms with Crippen molar-refractivity contribution in [3.63, 3.8) is 0 Å². The molecule has 0 spiro atoms. The zero-order valence-electron chi connectivity index (χ0n) is 16.9. The summed E-state index contributed by atoms with van der Waals surface area (Å²) in [6, 6.07) is 4.96. The van der Waals surface area contributed by atoms with Gasteiger partial charge < -0.3 is 15.0 Å². The van der Waals surface area contributed by atoms with Crippen LogP contribution in [0, 0.1) is 11.8 Å². The molecule has 1 aromatic heterocycles. The standard InChI is InChI=1S/C20H34N4OS.HI/c1-21-20(24(3)11-12-25-15-16-8-9-16)22-14-17-6-4-10-23(2)19(17)18-7-5-13-26-18;/h5,7,13,16-17,19H,4,6,8-12,14-15H2,1-3H3,(H,21,22);1H.